The van der Waals surface area contributed by atoms with E-state index in [4.69, 9.17) is 0 Å². The molecule has 2 aromatic rings. The van der Waals surface area contributed by atoms with Crippen LogP contribution in [0.4, 0.5) is 5.82 Å². The normalized spacial score (nSPS) is 10.6. The molecule has 0 atom stereocenters. The van der Waals surface area contributed by atoms with Crippen molar-refractivity contribution in [3.63, 3.8) is 0 Å². The van der Waals surface area contributed by atoms with E-state index in [1.165, 1.54) is 0 Å². The first-order chi connectivity index (χ1) is 8.76. The maximum Gasteiger partial charge on any atom is 0.241 e. The molecule has 1 amide bonds. The smallest absolute Gasteiger partial charge is 0.241 e. The second-order valence-electron chi connectivity index (χ2n) is 3.86. The molecule has 0 aliphatic rings. The number of amides is 1. The molecule has 0 aromatic carbocycles. The predicted octanol–water partition coefficient (Wildman–Crippen LogP) is 1.01. The molecule has 0 aliphatic carbocycles. The molecule has 96 valence electrons. The van der Waals surface area contributed by atoms with Crippen molar-refractivity contribution in [3.05, 3.63) is 24.7 Å². The van der Waals surface area contributed by atoms with Crippen molar-refractivity contribution < 1.29 is 4.79 Å². The van der Waals surface area contributed by atoms with Gasteiger partial charge in [-0.2, -0.15) is 5.10 Å². The van der Waals surface area contributed by atoms with Crippen molar-refractivity contribution >= 4 is 17.2 Å². The minimum atomic E-state index is 0.0725. The Hall–Kier alpha value is -2.11. The van der Waals surface area contributed by atoms with E-state index in [0.29, 0.717) is 5.82 Å². The first-order valence-corrected chi connectivity index (χ1v) is 6.06. The van der Waals surface area contributed by atoms with E-state index < -0.39 is 0 Å². The zero-order chi connectivity index (χ0) is 13.0. The zero-order valence-electron chi connectivity index (χ0n) is 10.6. The third kappa shape index (κ3) is 2.42. The number of hydrogen-bond donors (Lipinski definition) is 1. The topological polar surface area (TPSA) is 62.5 Å². The fourth-order valence-electron chi connectivity index (χ4n) is 1.84. The van der Waals surface area contributed by atoms with Crippen LogP contribution in [0.2, 0.25) is 0 Å². The highest BCUT2D eigenvalue weighted by Gasteiger charge is 2.10. The lowest BCUT2D eigenvalue weighted by atomic mass is 10.4. The Kier molecular flexibility index (Phi) is 3.76. The van der Waals surface area contributed by atoms with Crippen LogP contribution in [0.1, 0.15) is 13.8 Å². The molecule has 6 nitrogen and oxygen atoms in total. The Balaban J connectivity index is 2.06. The Bertz CT molecular complexity index is 532. The molecule has 0 bridgehead atoms. The van der Waals surface area contributed by atoms with Crippen LogP contribution in [0.3, 0.4) is 0 Å². The molecule has 2 aromatic heterocycles. The van der Waals surface area contributed by atoms with Gasteiger partial charge in [-0.05, 0) is 19.9 Å². The van der Waals surface area contributed by atoms with Gasteiger partial charge in [0.1, 0.15) is 5.52 Å². The number of fused-ring (bicyclic) bond motifs is 1. The van der Waals surface area contributed by atoms with Crippen LogP contribution in [-0.2, 0) is 4.79 Å². The molecular formula is C12H17N5O. The van der Waals surface area contributed by atoms with E-state index in [1.54, 1.807) is 28.0 Å². The van der Waals surface area contributed by atoms with Crippen molar-refractivity contribution in [2.24, 2.45) is 0 Å². The number of rotatable bonds is 5. The van der Waals surface area contributed by atoms with Crippen molar-refractivity contribution in [2.45, 2.75) is 13.8 Å². The monoisotopic (exact) mass is 247 g/mol. The summed E-state index contributed by atoms with van der Waals surface area (Å²) in [4.78, 5) is 17.9. The fourth-order valence-corrected chi connectivity index (χ4v) is 1.84. The van der Waals surface area contributed by atoms with Crippen molar-refractivity contribution in [2.75, 3.05) is 25.0 Å². The number of likely N-dealkylation sites (N-methyl/N-ethyl adjacent to an activating group) is 1. The number of anilines is 1. The molecule has 2 rings (SSSR count). The van der Waals surface area contributed by atoms with E-state index in [2.05, 4.69) is 15.4 Å². The van der Waals surface area contributed by atoms with Crippen LogP contribution in [0, 0.1) is 0 Å². The highest BCUT2D eigenvalue weighted by Crippen LogP contribution is 2.11. The molecule has 6 heteroatoms. The van der Waals surface area contributed by atoms with Crippen LogP contribution in [0.15, 0.2) is 24.7 Å². The lowest BCUT2D eigenvalue weighted by molar-refractivity contribution is -0.128. The summed E-state index contributed by atoms with van der Waals surface area (Å²) in [5.41, 5.74) is 0.866. The first-order valence-electron chi connectivity index (χ1n) is 6.06. The van der Waals surface area contributed by atoms with Crippen LogP contribution >= 0.6 is 0 Å². The van der Waals surface area contributed by atoms with Gasteiger partial charge in [-0.1, -0.05) is 0 Å². The highest BCUT2D eigenvalue weighted by molar-refractivity contribution is 5.82. The zero-order valence-corrected chi connectivity index (χ0v) is 10.6. The van der Waals surface area contributed by atoms with Crippen LogP contribution in [-0.4, -0.2) is 45.0 Å². The third-order valence-electron chi connectivity index (χ3n) is 2.85. The van der Waals surface area contributed by atoms with Crippen molar-refractivity contribution in [1.82, 2.24) is 19.5 Å². The van der Waals surface area contributed by atoms with Gasteiger partial charge < -0.3 is 10.2 Å². The maximum atomic E-state index is 11.9. The molecule has 0 unspecified atom stereocenters. The molecule has 0 saturated carbocycles. The largest absolute Gasteiger partial charge is 0.359 e. The van der Waals surface area contributed by atoms with E-state index in [1.807, 2.05) is 19.9 Å². The van der Waals surface area contributed by atoms with E-state index in [-0.39, 0.29) is 12.5 Å². The lowest BCUT2D eigenvalue weighted by Gasteiger charge is -2.18. The Labute approximate surface area is 106 Å². The highest BCUT2D eigenvalue weighted by atomic mass is 16.2. The van der Waals surface area contributed by atoms with Crippen LogP contribution in [0.5, 0.6) is 0 Å². The van der Waals surface area contributed by atoms with Gasteiger partial charge in [0, 0.05) is 25.5 Å². The number of hydrogen-bond acceptors (Lipinski definition) is 4. The van der Waals surface area contributed by atoms with Gasteiger partial charge in [0.25, 0.3) is 0 Å². The second-order valence-corrected chi connectivity index (χ2v) is 3.86. The van der Waals surface area contributed by atoms with E-state index in [9.17, 15) is 4.79 Å². The number of nitrogens with one attached hydrogen (secondary N) is 1. The fraction of sp³-hybridized carbons (Fsp3) is 0.417. The molecule has 0 radical (unpaired) electrons. The summed E-state index contributed by atoms with van der Waals surface area (Å²) in [5, 5.41) is 7.17. The molecule has 18 heavy (non-hydrogen) atoms. The van der Waals surface area contributed by atoms with Crippen molar-refractivity contribution in [1.29, 1.82) is 0 Å². The van der Waals surface area contributed by atoms with Gasteiger partial charge >= 0.3 is 0 Å². The molecule has 0 spiro atoms. The Morgan fingerprint density at radius 2 is 2.17 bits per heavy atom. The van der Waals surface area contributed by atoms with Crippen LogP contribution < -0.4 is 5.32 Å². The quantitative estimate of drug-likeness (QED) is 0.856. The molecule has 0 aliphatic heterocycles. The van der Waals surface area contributed by atoms with Gasteiger partial charge in [0.05, 0.1) is 12.7 Å². The summed E-state index contributed by atoms with van der Waals surface area (Å²) in [6, 6.07) is 1.86. The SMILES string of the molecule is CCN(CC)C(=O)CNc1nccn2nccc12. The van der Waals surface area contributed by atoms with E-state index >= 15 is 0 Å². The second kappa shape index (κ2) is 5.48. The van der Waals surface area contributed by atoms with E-state index in [0.717, 1.165) is 18.6 Å². The summed E-state index contributed by atoms with van der Waals surface area (Å²) < 4.78 is 1.72. The first kappa shape index (κ1) is 12.3. The standard InChI is InChI=1S/C12H17N5O/c1-3-16(4-2)11(18)9-14-12-10-5-6-15-17(10)8-7-13-12/h5-8H,3-4,9H2,1-2H3,(H,13,14). The molecular weight excluding hydrogens is 230 g/mol. The van der Waals surface area contributed by atoms with Gasteiger partial charge in [-0.3, -0.25) is 4.79 Å². The lowest BCUT2D eigenvalue weighted by Crippen LogP contribution is -2.35. The molecule has 2 heterocycles. The summed E-state index contributed by atoms with van der Waals surface area (Å²) in [7, 11) is 0. The summed E-state index contributed by atoms with van der Waals surface area (Å²) in [6.45, 7) is 5.64. The molecule has 0 saturated heterocycles. The maximum absolute atomic E-state index is 11.9. The number of carbonyl (C=O) groups is 1. The van der Waals surface area contributed by atoms with Gasteiger partial charge in [-0.15, -0.1) is 0 Å². The number of carbonyl (C=O) groups excluding carboxylic acids is 1. The summed E-state index contributed by atoms with van der Waals surface area (Å²) >= 11 is 0. The Morgan fingerprint density at radius 3 is 2.89 bits per heavy atom. The summed E-state index contributed by atoms with van der Waals surface area (Å²) in [6.07, 6.45) is 5.13. The predicted molar refractivity (Wildman–Crippen MR) is 69.4 cm³/mol. The van der Waals surface area contributed by atoms with Gasteiger partial charge in [-0.25, -0.2) is 9.50 Å². The van der Waals surface area contributed by atoms with Gasteiger partial charge in [0.15, 0.2) is 5.82 Å². The molecule has 0 fully saturated rings. The number of aromatic nitrogens is 3. The minimum Gasteiger partial charge on any atom is -0.359 e. The average molecular weight is 247 g/mol. The van der Waals surface area contributed by atoms with Gasteiger partial charge in [0.2, 0.25) is 5.91 Å². The van der Waals surface area contributed by atoms with Crippen molar-refractivity contribution in [3.8, 4) is 0 Å². The average Bonchev–Trinajstić information content (AvgIpc) is 2.86. The van der Waals surface area contributed by atoms with Crippen LogP contribution in [0.25, 0.3) is 5.52 Å². The summed E-state index contributed by atoms with van der Waals surface area (Å²) in [5.74, 6) is 0.749. The third-order valence-corrected chi connectivity index (χ3v) is 2.85. The molecule has 1 N–H and O–H groups in total. The Morgan fingerprint density at radius 1 is 1.39 bits per heavy atom. The minimum absolute atomic E-state index is 0.0725. The number of nitrogens with zero attached hydrogens (tertiary/aromatic N) is 4.